The van der Waals surface area contributed by atoms with Gasteiger partial charge in [-0.1, -0.05) is 0 Å². The van der Waals surface area contributed by atoms with Crippen LogP contribution in [0.5, 0.6) is 0 Å². The fourth-order valence-corrected chi connectivity index (χ4v) is 4.10. The van der Waals surface area contributed by atoms with Crippen LogP contribution in [-0.4, -0.2) is 18.6 Å². The van der Waals surface area contributed by atoms with Gasteiger partial charge in [0.2, 0.25) is 0 Å². The third kappa shape index (κ3) is 2.34. The molecule has 5 nitrogen and oxygen atoms in total. The van der Waals surface area contributed by atoms with E-state index in [0.29, 0.717) is 9.90 Å². The van der Waals surface area contributed by atoms with Gasteiger partial charge in [0.1, 0.15) is 4.21 Å². The number of benzene rings is 1. The van der Waals surface area contributed by atoms with Gasteiger partial charge in [-0.15, -0.1) is 11.3 Å². The molecular formula is C12H11N3O2S2. The number of thiophene rings is 1. The van der Waals surface area contributed by atoms with Gasteiger partial charge in [-0.3, -0.25) is 9.82 Å². The van der Waals surface area contributed by atoms with Gasteiger partial charge < -0.3 is 0 Å². The van der Waals surface area contributed by atoms with Crippen molar-refractivity contribution < 1.29 is 8.42 Å². The molecular weight excluding hydrogens is 282 g/mol. The normalized spacial score (nSPS) is 11.8. The van der Waals surface area contributed by atoms with Crippen molar-refractivity contribution in [1.82, 2.24) is 10.2 Å². The van der Waals surface area contributed by atoms with Crippen molar-refractivity contribution in [2.45, 2.75) is 11.1 Å². The van der Waals surface area contributed by atoms with Crippen LogP contribution in [0, 0.1) is 6.92 Å². The lowest BCUT2D eigenvalue weighted by Crippen LogP contribution is -2.11. The van der Waals surface area contributed by atoms with E-state index in [2.05, 4.69) is 14.9 Å². The SMILES string of the molecule is Cc1ccc(S(=O)(=O)Nc2ccc3cn[nH]c3c2)s1. The number of aryl methyl sites for hydroxylation is 1. The van der Waals surface area contributed by atoms with E-state index >= 15 is 0 Å². The second kappa shape index (κ2) is 4.36. The zero-order valence-electron chi connectivity index (χ0n) is 10.0. The van der Waals surface area contributed by atoms with Crippen LogP contribution >= 0.6 is 11.3 Å². The zero-order valence-corrected chi connectivity index (χ0v) is 11.7. The zero-order chi connectivity index (χ0) is 13.5. The smallest absolute Gasteiger partial charge is 0.271 e. The number of nitrogens with zero attached hydrogens (tertiary/aromatic N) is 1. The van der Waals surface area contributed by atoms with Crippen LogP contribution in [0.1, 0.15) is 4.88 Å². The van der Waals surface area contributed by atoms with E-state index in [1.807, 2.05) is 13.0 Å². The molecule has 0 fully saturated rings. The number of hydrogen-bond acceptors (Lipinski definition) is 4. The summed E-state index contributed by atoms with van der Waals surface area (Å²) in [6, 6.07) is 8.65. The van der Waals surface area contributed by atoms with Crippen LogP contribution < -0.4 is 4.72 Å². The Balaban J connectivity index is 1.95. The van der Waals surface area contributed by atoms with Crippen molar-refractivity contribution >= 4 is 38.0 Å². The molecule has 1 aromatic carbocycles. The van der Waals surface area contributed by atoms with Crippen molar-refractivity contribution in [2.24, 2.45) is 0 Å². The summed E-state index contributed by atoms with van der Waals surface area (Å²) in [6.45, 7) is 1.88. The fraction of sp³-hybridized carbons (Fsp3) is 0.0833. The summed E-state index contributed by atoms with van der Waals surface area (Å²) in [5.41, 5.74) is 1.31. The molecule has 7 heteroatoms. The van der Waals surface area contributed by atoms with Gasteiger partial charge in [0, 0.05) is 10.3 Å². The number of fused-ring (bicyclic) bond motifs is 1. The summed E-state index contributed by atoms with van der Waals surface area (Å²) in [5, 5.41) is 7.65. The minimum Gasteiger partial charge on any atom is -0.279 e. The molecule has 0 aliphatic rings. The third-order valence-electron chi connectivity index (χ3n) is 2.67. The average Bonchev–Trinajstić information content (AvgIpc) is 2.96. The standard InChI is InChI=1S/C12H11N3O2S2/c1-8-2-5-12(18-8)19(16,17)15-10-4-3-9-7-13-14-11(9)6-10/h2-7,15H,1H3,(H,13,14). The molecule has 2 heterocycles. The Hall–Kier alpha value is -1.86. The molecule has 3 aromatic rings. The monoisotopic (exact) mass is 293 g/mol. The highest BCUT2D eigenvalue weighted by molar-refractivity contribution is 7.94. The molecule has 2 aromatic heterocycles. The average molecular weight is 293 g/mol. The molecule has 0 atom stereocenters. The maximum absolute atomic E-state index is 12.2. The van der Waals surface area contributed by atoms with Crippen molar-refractivity contribution in [3.63, 3.8) is 0 Å². The lowest BCUT2D eigenvalue weighted by molar-refractivity contribution is 0.603. The molecule has 19 heavy (non-hydrogen) atoms. The Kier molecular flexibility index (Phi) is 2.79. The van der Waals surface area contributed by atoms with Crippen molar-refractivity contribution in [3.05, 3.63) is 41.4 Å². The minimum absolute atomic E-state index is 0.315. The van der Waals surface area contributed by atoms with Gasteiger partial charge in [0.15, 0.2) is 0 Å². The van der Waals surface area contributed by atoms with E-state index in [0.717, 1.165) is 15.8 Å². The molecule has 98 valence electrons. The molecule has 0 unspecified atom stereocenters. The van der Waals surface area contributed by atoms with Gasteiger partial charge in [-0.05, 0) is 37.3 Å². The predicted octanol–water partition coefficient (Wildman–Crippen LogP) is 2.73. The molecule has 3 rings (SSSR count). The highest BCUT2D eigenvalue weighted by atomic mass is 32.2. The number of anilines is 1. The van der Waals surface area contributed by atoms with E-state index in [4.69, 9.17) is 0 Å². The quantitative estimate of drug-likeness (QED) is 0.779. The molecule has 0 spiro atoms. The number of sulfonamides is 1. The number of aromatic nitrogens is 2. The number of nitrogens with one attached hydrogen (secondary N) is 2. The van der Waals surface area contributed by atoms with Crippen LogP contribution in [-0.2, 0) is 10.0 Å². The Bertz CT molecular complexity index is 833. The maximum Gasteiger partial charge on any atom is 0.271 e. The highest BCUT2D eigenvalue weighted by Crippen LogP contribution is 2.24. The summed E-state index contributed by atoms with van der Waals surface area (Å²) < 4.78 is 27.2. The van der Waals surface area contributed by atoms with Crippen LogP contribution in [0.15, 0.2) is 40.7 Å². The summed E-state index contributed by atoms with van der Waals surface area (Å²) >= 11 is 1.25. The van der Waals surface area contributed by atoms with E-state index in [1.54, 1.807) is 30.5 Å². The summed E-state index contributed by atoms with van der Waals surface area (Å²) in [5.74, 6) is 0. The molecule has 0 saturated carbocycles. The largest absolute Gasteiger partial charge is 0.279 e. The summed E-state index contributed by atoms with van der Waals surface area (Å²) in [6.07, 6.45) is 1.69. The number of rotatable bonds is 3. The van der Waals surface area contributed by atoms with Crippen molar-refractivity contribution in [3.8, 4) is 0 Å². The van der Waals surface area contributed by atoms with Crippen LogP contribution in [0.25, 0.3) is 10.9 Å². The molecule has 2 N–H and O–H groups in total. The van der Waals surface area contributed by atoms with Crippen LogP contribution in [0.3, 0.4) is 0 Å². The van der Waals surface area contributed by atoms with Crippen LogP contribution in [0.4, 0.5) is 5.69 Å². The molecule has 0 saturated heterocycles. The number of hydrogen-bond donors (Lipinski definition) is 2. The molecule has 0 aliphatic heterocycles. The van der Waals surface area contributed by atoms with E-state index in [-0.39, 0.29) is 0 Å². The second-order valence-corrected chi connectivity index (χ2v) is 7.34. The van der Waals surface area contributed by atoms with E-state index < -0.39 is 10.0 Å². The lowest BCUT2D eigenvalue weighted by atomic mass is 10.2. The first-order chi connectivity index (χ1) is 9.04. The van der Waals surface area contributed by atoms with Gasteiger partial charge in [-0.25, -0.2) is 8.42 Å². The molecule has 0 radical (unpaired) electrons. The van der Waals surface area contributed by atoms with Crippen LogP contribution in [0.2, 0.25) is 0 Å². The van der Waals surface area contributed by atoms with Gasteiger partial charge in [0.25, 0.3) is 10.0 Å². The van der Waals surface area contributed by atoms with E-state index in [1.165, 1.54) is 11.3 Å². The topological polar surface area (TPSA) is 74.8 Å². The second-order valence-electron chi connectivity index (χ2n) is 4.14. The first-order valence-corrected chi connectivity index (χ1v) is 7.87. The van der Waals surface area contributed by atoms with Crippen molar-refractivity contribution in [2.75, 3.05) is 4.72 Å². The Labute approximate surface area is 114 Å². The highest BCUT2D eigenvalue weighted by Gasteiger charge is 2.16. The first-order valence-electron chi connectivity index (χ1n) is 5.57. The van der Waals surface area contributed by atoms with Gasteiger partial charge in [-0.2, -0.15) is 5.10 Å². The number of H-pyrrole nitrogens is 1. The van der Waals surface area contributed by atoms with E-state index in [9.17, 15) is 8.42 Å². The maximum atomic E-state index is 12.2. The number of aromatic amines is 1. The predicted molar refractivity (Wildman–Crippen MR) is 76.0 cm³/mol. The third-order valence-corrected chi connectivity index (χ3v) is 5.55. The van der Waals surface area contributed by atoms with Gasteiger partial charge in [0.05, 0.1) is 17.4 Å². The molecule has 0 bridgehead atoms. The first kappa shape index (κ1) is 12.2. The lowest BCUT2D eigenvalue weighted by Gasteiger charge is -2.05. The molecule has 0 aliphatic carbocycles. The Morgan fingerprint density at radius 3 is 2.84 bits per heavy atom. The minimum atomic E-state index is -3.51. The fourth-order valence-electron chi connectivity index (χ4n) is 1.76. The summed E-state index contributed by atoms with van der Waals surface area (Å²) in [4.78, 5) is 0.962. The van der Waals surface area contributed by atoms with Gasteiger partial charge >= 0.3 is 0 Å². The Morgan fingerprint density at radius 1 is 1.26 bits per heavy atom. The molecule has 0 amide bonds. The van der Waals surface area contributed by atoms with Crippen molar-refractivity contribution in [1.29, 1.82) is 0 Å². The summed E-state index contributed by atoms with van der Waals surface area (Å²) in [7, 11) is -3.51. The Morgan fingerprint density at radius 2 is 2.11 bits per heavy atom.